The average Bonchev–Trinajstić information content (AvgIpc) is 2.39. The summed E-state index contributed by atoms with van der Waals surface area (Å²) in [4.78, 5) is 11.8. The zero-order valence-electron chi connectivity index (χ0n) is 6.73. The third-order valence-corrected chi connectivity index (χ3v) is 5.97. The minimum Gasteiger partial charge on any atom is -0.324 e. The summed E-state index contributed by atoms with van der Waals surface area (Å²) in [6.07, 6.45) is 1.30. The van der Waals surface area contributed by atoms with Crippen molar-refractivity contribution in [2.75, 3.05) is 0 Å². The monoisotopic (exact) mass is 161 g/mol. The first-order valence-corrected chi connectivity index (χ1v) is 5.09. The zero-order valence-corrected chi connectivity index (χ0v) is 6.73. The van der Waals surface area contributed by atoms with Crippen LogP contribution in [-0.4, -0.2) is 11.3 Å². The number of carbonyl (C=O) groups is 1. The first-order valence-electron chi connectivity index (χ1n) is 5.09. The lowest BCUT2D eigenvalue weighted by molar-refractivity contribution is -0.186. The highest BCUT2D eigenvalue weighted by atomic mass is 16.1. The number of hydrogen-bond donors (Lipinski definition) is 1. The molecule has 6 saturated carbocycles. The van der Waals surface area contributed by atoms with Gasteiger partial charge in [0.2, 0.25) is 0 Å². The van der Waals surface area contributed by atoms with Crippen molar-refractivity contribution in [1.29, 1.82) is 0 Å². The first kappa shape index (κ1) is 5.38. The van der Waals surface area contributed by atoms with Crippen LogP contribution < -0.4 is 5.73 Å². The van der Waals surface area contributed by atoms with Gasteiger partial charge in [-0.15, -0.1) is 0 Å². The van der Waals surface area contributed by atoms with E-state index in [9.17, 15) is 4.79 Å². The fourth-order valence-electron chi connectivity index (χ4n) is 6.00. The molecule has 0 amide bonds. The molecule has 2 heteroatoms. The van der Waals surface area contributed by atoms with E-state index in [2.05, 4.69) is 0 Å². The van der Waals surface area contributed by atoms with Gasteiger partial charge in [0.15, 0.2) is 0 Å². The highest BCUT2D eigenvalue weighted by molar-refractivity contribution is 5.95. The Labute approximate surface area is 70.5 Å². The van der Waals surface area contributed by atoms with Crippen LogP contribution in [0.2, 0.25) is 0 Å². The second kappa shape index (κ2) is 1.05. The Morgan fingerprint density at radius 1 is 1.42 bits per heavy atom. The maximum atomic E-state index is 11.8. The van der Waals surface area contributed by atoms with Crippen molar-refractivity contribution in [1.82, 2.24) is 0 Å². The zero-order chi connectivity index (χ0) is 7.83. The van der Waals surface area contributed by atoms with Gasteiger partial charge in [0.1, 0.15) is 5.78 Å². The molecule has 0 aromatic heterocycles. The predicted octanol–water partition coefficient (Wildman–Crippen LogP) is 0.0245. The third kappa shape index (κ3) is 0.216. The standard InChI is InChI=1S/C10H11NO/c11-10-3-1-2-4-5(3)8(10)6(4)9(12)7(2)10/h2-8H,1,11H2. The Morgan fingerprint density at radius 2 is 2.25 bits per heavy atom. The number of carbonyl (C=O) groups excluding carboxylic acids is 1. The Morgan fingerprint density at radius 3 is 2.92 bits per heavy atom. The lowest BCUT2D eigenvalue weighted by Crippen LogP contribution is -2.76. The van der Waals surface area contributed by atoms with Crippen molar-refractivity contribution >= 4 is 5.78 Å². The molecule has 62 valence electrons. The molecule has 6 aliphatic rings. The first-order chi connectivity index (χ1) is 5.76. The van der Waals surface area contributed by atoms with Gasteiger partial charge in [-0.25, -0.2) is 0 Å². The molecule has 0 aromatic rings. The van der Waals surface area contributed by atoms with Crippen LogP contribution in [0.4, 0.5) is 0 Å². The minimum atomic E-state index is 0.0336. The number of rotatable bonds is 0. The Kier molecular flexibility index (Phi) is 0.471. The number of nitrogens with two attached hydrogens (primary N) is 1. The molecular weight excluding hydrogens is 150 g/mol. The van der Waals surface area contributed by atoms with Crippen molar-refractivity contribution in [2.24, 2.45) is 47.2 Å². The van der Waals surface area contributed by atoms with Crippen LogP contribution in [0.1, 0.15) is 6.42 Å². The molecular formula is C10H11NO. The van der Waals surface area contributed by atoms with Crippen molar-refractivity contribution in [3.8, 4) is 0 Å². The molecule has 6 aliphatic carbocycles. The van der Waals surface area contributed by atoms with E-state index in [0.717, 1.165) is 23.7 Å². The molecule has 0 radical (unpaired) electrons. The fraction of sp³-hybridized carbons (Fsp3) is 0.900. The Bertz CT molecular complexity index is 352. The smallest absolute Gasteiger partial charge is 0.141 e. The largest absolute Gasteiger partial charge is 0.324 e. The molecule has 0 saturated heterocycles. The SMILES string of the molecule is NC12C3CC4C5C(C(=O)C41)C2C53. The van der Waals surface area contributed by atoms with Crippen LogP contribution in [0.3, 0.4) is 0 Å². The summed E-state index contributed by atoms with van der Waals surface area (Å²) in [5.74, 6) is 5.24. The van der Waals surface area contributed by atoms with Gasteiger partial charge in [-0.05, 0) is 36.0 Å². The number of Topliss-reactive ketones (excluding diaryl/α,β-unsaturated/α-hetero) is 1. The molecule has 2 N–H and O–H groups in total. The second-order valence-electron chi connectivity index (χ2n) is 5.59. The summed E-state index contributed by atoms with van der Waals surface area (Å²) < 4.78 is 0. The summed E-state index contributed by atoms with van der Waals surface area (Å²) in [5.41, 5.74) is 6.40. The topological polar surface area (TPSA) is 43.1 Å². The Balaban J connectivity index is 1.93. The van der Waals surface area contributed by atoms with E-state index in [-0.39, 0.29) is 5.54 Å². The van der Waals surface area contributed by atoms with E-state index in [1.807, 2.05) is 0 Å². The summed E-state index contributed by atoms with van der Waals surface area (Å²) in [5, 5.41) is 0. The van der Waals surface area contributed by atoms with Gasteiger partial charge in [-0.3, -0.25) is 4.79 Å². The van der Waals surface area contributed by atoms with E-state index >= 15 is 0 Å². The quantitative estimate of drug-likeness (QED) is 0.544. The van der Waals surface area contributed by atoms with Crippen molar-refractivity contribution in [3.63, 3.8) is 0 Å². The van der Waals surface area contributed by atoms with Crippen molar-refractivity contribution in [3.05, 3.63) is 0 Å². The van der Waals surface area contributed by atoms with Crippen LogP contribution >= 0.6 is 0 Å². The summed E-state index contributed by atoms with van der Waals surface area (Å²) in [6, 6.07) is 0. The summed E-state index contributed by atoms with van der Waals surface area (Å²) in [7, 11) is 0. The highest BCUT2D eigenvalue weighted by Crippen LogP contribution is 2.87. The van der Waals surface area contributed by atoms with Gasteiger partial charge in [0.25, 0.3) is 0 Å². The van der Waals surface area contributed by atoms with Crippen LogP contribution in [0.5, 0.6) is 0 Å². The summed E-state index contributed by atoms with van der Waals surface area (Å²) >= 11 is 0. The van der Waals surface area contributed by atoms with E-state index in [0.29, 0.717) is 23.5 Å². The maximum absolute atomic E-state index is 11.8. The highest BCUT2D eigenvalue weighted by Gasteiger charge is 2.92. The van der Waals surface area contributed by atoms with E-state index in [1.165, 1.54) is 6.42 Å². The lowest BCUT2D eigenvalue weighted by atomic mass is 9.37. The molecule has 8 atom stereocenters. The molecule has 6 fully saturated rings. The van der Waals surface area contributed by atoms with Crippen LogP contribution in [0, 0.1) is 41.4 Å². The van der Waals surface area contributed by atoms with Crippen molar-refractivity contribution < 1.29 is 4.79 Å². The fourth-order valence-corrected chi connectivity index (χ4v) is 6.00. The van der Waals surface area contributed by atoms with Gasteiger partial charge in [0.05, 0.1) is 0 Å². The third-order valence-electron chi connectivity index (χ3n) is 5.97. The molecule has 2 nitrogen and oxygen atoms in total. The molecule has 0 spiro atoms. The Hall–Kier alpha value is -0.370. The molecule has 8 unspecified atom stereocenters. The minimum absolute atomic E-state index is 0.0336. The average molecular weight is 161 g/mol. The lowest BCUT2D eigenvalue weighted by Gasteiger charge is -2.68. The van der Waals surface area contributed by atoms with E-state index in [1.54, 1.807) is 0 Å². The summed E-state index contributed by atoms with van der Waals surface area (Å²) in [6.45, 7) is 0. The molecule has 0 aliphatic heterocycles. The second-order valence-corrected chi connectivity index (χ2v) is 5.59. The molecule has 4 bridgehead atoms. The molecule has 0 heterocycles. The van der Waals surface area contributed by atoms with Crippen LogP contribution in [0.15, 0.2) is 0 Å². The van der Waals surface area contributed by atoms with Crippen LogP contribution in [-0.2, 0) is 4.79 Å². The maximum Gasteiger partial charge on any atom is 0.141 e. The molecule has 6 rings (SSSR count). The number of hydrogen-bond acceptors (Lipinski definition) is 2. The van der Waals surface area contributed by atoms with E-state index in [4.69, 9.17) is 5.73 Å². The van der Waals surface area contributed by atoms with E-state index < -0.39 is 0 Å². The normalized spacial score (nSPS) is 84.4. The molecule has 0 aromatic carbocycles. The van der Waals surface area contributed by atoms with Crippen molar-refractivity contribution in [2.45, 2.75) is 12.0 Å². The predicted molar refractivity (Wildman–Crippen MR) is 41.0 cm³/mol. The van der Waals surface area contributed by atoms with Gasteiger partial charge < -0.3 is 5.73 Å². The van der Waals surface area contributed by atoms with Gasteiger partial charge in [-0.2, -0.15) is 0 Å². The van der Waals surface area contributed by atoms with Gasteiger partial charge >= 0.3 is 0 Å². The van der Waals surface area contributed by atoms with Crippen LogP contribution in [0.25, 0.3) is 0 Å². The van der Waals surface area contributed by atoms with Gasteiger partial charge in [-0.1, -0.05) is 0 Å². The number of ketones is 1. The van der Waals surface area contributed by atoms with Gasteiger partial charge in [0, 0.05) is 17.4 Å². The molecule has 12 heavy (non-hydrogen) atoms.